The first-order valence-electron chi connectivity index (χ1n) is 13.3. The van der Waals surface area contributed by atoms with Crippen molar-refractivity contribution in [3.8, 4) is 50.8 Å². The fraction of sp³-hybridized carbons (Fsp3) is 0.156. The molecule has 0 aliphatic rings. The van der Waals surface area contributed by atoms with Crippen molar-refractivity contribution in [1.29, 1.82) is 0 Å². The number of carboxylic acid groups (broad SMARTS) is 1. The molecule has 43 heavy (non-hydrogen) atoms. The van der Waals surface area contributed by atoms with Gasteiger partial charge in [0.15, 0.2) is 0 Å². The minimum absolute atomic E-state index is 0.0666. The molecule has 220 valence electrons. The van der Waals surface area contributed by atoms with E-state index in [0.29, 0.717) is 30.9 Å². The van der Waals surface area contributed by atoms with Crippen molar-refractivity contribution in [3.63, 3.8) is 0 Å². The van der Waals surface area contributed by atoms with Crippen LogP contribution in [0.2, 0.25) is 0 Å². The molecule has 7 nitrogen and oxygen atoms in total. The molecule has 0 atom stereocenters. The second-order valence-corrected chi connectivity index (χ2v) is 9.54. The Morgan fingerprint density at radius 2 is 1.60 bits per heavy atom. The molecule has 5 rings (SSSR count). The van der Waals surface area contributed by atoms with Crippen LogP contribution in [-0.2, 0) is 11.0 Å². The second-order valence-electron chi connectivity index (χ2n) is 9.54. The van der Waals surface area contributed by atoms with Crippen molar-refractivity contribution in [2.24, 2.45) is 0 Å². The van der Waals surface area contributed by atoms with Gasteiger partial charge >= 0.3 is 12.1 Å². The van der Waals surface area contributed by atoms with Crippen LogP contribution < -0.4 is 10.1 Å². The number of rotatable bonds is 11. The first-order chi connectivity index (χ1) is 20.7. The first-order valence-corrected chi connectivity index (χ1v) is 13.3. The number of carboxylic acids is 1. The van der Waals surface area contributed by atoms with Gasteiger partial charge in [-0.05, 0) is 71.6 Å². The van der Waals surface area contributed by atoms with Crippen LogP contribution in [0.3, 0.4) is 0 Å². The number of carbonyl (C=O) groups is 1. The number of nitrogens with one attached hydrogen (secondary N) is 1. The molecule has 0 aliphatic carbocycles. The maximum Gasteiger partial charge on any atom is 0.417 e. The molecule has 0 saturated carbocycles. The number of halogens is 4. The van der Waals surface area contributed by atoms with Gasteiger partial charge in [-0.25, -0.2) is 4.39 Å². The summed E-state index contributed by atoms with van der Waals surface area (Å²) in [6.07, 6.45) is -4.10. The van der Waals surface area contributed by atoms with Crippen LogP contribution in [0.4, 0.5) is 17.6 Å². The third-order valence-electron chi connectivity index (χ3n) is 6.49. The summed E-state index contributed by atoms with van der Waals surface area (Å²) < 4.78 is 67.1. The lowest BCUT2D eigenvalue weighted by Crippen LogP contribution is -2.24. The Bertz CT molecular complexity index is 1740. The summed E-state index contributed by atoms with van der Waals surface area (Å²) in [5, 5.41) is 15.5. The highest BCUT2D eigenvalue weighted by molar-refractivity contribution is 5.81. The molecule has 0 saturated heterocycles. The van der Waals surface area contributed by atoms with Crippen molar-refractivity contribution in [3.05, 3.63) is 102 Å². The van der Waals surface area contributed by atoms with Crippen LogP contribution in [0.1, 0.15) is 12.0 Å². The number of nitrogens with zero attached hydrogens (tertiary/aromatic N) is 2. The zero-order chi connectivity index (χ0) is 30.4. The van der Waals surface area contributed by atoms with Crippen LogP contribution in [0.15, 0.2) is 95.5 Å². The molecular weight excluding hydrogens is 566 g/mol. The van der Waals surface area contributed by atoms with Gasteiger partial charge in [-0.3, -0.25) is 4.79 Å². The number of ether oxygens (including phenoxy) is 1. The van der Waals surface area contributed by atoms with Crippen molar-refractivity contribution in [2.75, 3.05) is 19.7 Å². The standard InChI is InChI=1S/C32H25F4N3O4/c33-23-8-3-6-20(16-23)26-13-12-22(18-28(26)32(34,35)36)31-38-30(39-43-31)27-11-2-1-10-25(27)21-7-4-9-24(17-21)42-15-5-14-37-19-29(40)41/h1-4,6-13,16-18,37H,5,14-15,19H2,(H,40,41). The van der Waals surface area contributed by atoms with E-state index in [4.69, 9.17) is 14.4 Å². The third kappa shape index (κ3) is 7.25. The van der Waals surface area contributed by atoms with Crippen LogP contribution in [-0.4, -0.2) is 40.9 Å². The molecule has 0 fully saturated rings. The lowest BCUT2D eigenvalue weighted by molar-refractivity contribution is -0.137. The highest BCUT2D eigenvalue weighted by atomic mass is 19.4. The molecule has 1 heterocycles. The van der Waals surface area contributed by atoms with Crippen LogP contribution >= 0.6 is 0 Å². The molecule has 11 heteroatoms. The Labute approximate surface area is 243 Å². The van der Waals surface area contributed by atoms with Crippen molar-refractivity contribution < 1.29 is 36.7 Å². The fourth-order valence-electron chi connectivity index (χ4n) is 4.54. The molecule has 0 radical (unpaired) electrons. The smallest absolute Gasteiger partial charge is 0.417 e. The fourth-order valence-corrected chi connectivity index (χ4v) is 4.54. The summed E-state index contributed by atoms with van der Waals surface area (Å²) in [6.45, 7) is 0.755. The van der Waals surface area contributed by atoms with Gasteiger partial charge in [0.2, 0.25) is 5.82 Å². The van der Waals surface area contributed by atoms with Gasteiger partial charge in [-0.1, -0.05) is 59.8 Å². The van der Waals surface area contributed by atoms with E-state index in [9.17, 15) is 22.4 Å². The Balaban J connectivity index is 1.39. The summed E-state index contributed by atoms with van der Waals surface area (Å²) in [5.74, 6) is -0.876. The van der Waals surface area contributed by atoms with E-state index in [1.54, 1.807) is 18.2 Å². The zero-order valence-corrected chi connectivity index (χ0v) is 22.6. The van der Waals surface area contributed by atoms with Gasteiger partial charge in [-0.15, -0.1) is 0 Å². The van der Waals surface area contributed by atoms with Crippen LogP contribution in [0.5, 0.6) is 5.75 Å². The van der Waals surface area contributed by atoms with Crippen molar-refractivity contribution >= 4 is 5.97 Å². The number of benzene rings is 4. The summed E-state index contributed by atoms with van der Waals surface area (Å²) in [4.78, 5) is 15.0. The molecule has 0 spiro atoms. The maximum atomic E-state index is 14.0. The Morgan fingerprint density at radius 1 is 0.860 bits per heavy atom. The Kier molecular flexibility index (Phi) is 8.82. The molecular formula is C32H25F4N3O4. The molecule has 5 aromatic rings. The maximum absolute atomic E-state index is 14.0. The molecule has 0 unspecified atom stereocenters. The van der Waals surface area contributed by atoms with E-state index < -0.39 is 23.5 Å². The van der Waals surface area contributed by atoms with E-state index in [-0.39, 0.29) is 35.0 Å². The topological polar surface area (TPSA) is 97.5 Å². The van der Waals surface area contributed by atoms with Crippen LogP contribution in [0, 0.1) is 5.82 Å². The quantitative estimate of drug-likeness (QED) is 0.123. The molecule has 0 aliphatic heterocycles. The predicted octanol–water partition coefficient (Wildman–Crippen LogP) is 7.34. The predicted molar refractivity (Wildman–Crippen MR) is 152 cm³/mol. The molecule has 0 amide bonds. The van der Waals surface area contributed by atoms with Gasteiger partial charge in [0, 0.05) is 11.1 Å². The number of hydrogen-bond acceptors (Lipinski definition) is 6. The largest absolute Gasteiger partial charge is 0.494 e. The highest BCUT2D eigenvalue weighted by Gasteiger charge is 2.34. The average molecular weight is 592 g/mol. The van der Waals surface area contributed by atoms with Gasteiger partial charge in [0.25, 0.3) is 5.89 Å². The minimum Gasteiger partial charge on any atom is -0.494 e. The van der Waals surface area contributed by atoms with Crippen molar-refractivity contribution in [1.82, 2.24) is 15.5 Å². The number of aliphatic carboxylic acids is 1. The normalized spacial score (nSPS) is 11.4. The summed E-state index contributed by atoms with van der Waals surface area (Å²) in [6, 6.07) is 23.2. The lowest BCUT2D eigenvalue weighted by Gasteiger charge is -2.14. The minimum atomic E-state index is -4.71. The van der Waals surface area contributed by atoms with Gasteiger partial charge in [-0.2, -0.15) is 18.2 Å². The Hall–Kier alpha value is -5.03. The highest BCUT2D eigenvalue weighted by Crippen LogP contribution is 2.40. The lowest BCUT2D eigenvalue weighted by atomic mass is 9.97. The van der Waals surface area contributed by atoms with E-state index in [1.807, 2.05) is 30.3 Å². The first kappa shape index (κ1) is 29.5. The molecule has 4 aromatic carbocycles. The molecule has 0 bridgehead atoms. The molecule has 1 aromatic heterocycles. The Morgan fingerprint density at radius 3 is 2.35 bits per heavy atom. The second kappa shape index (κ2) is 12.9. The van der Waals surface area contributed by atoms with Gasteiger partial charge < -0.3 is 19.7 Å². The third-order valence-corrected chi connectivity index (χ3v) is 6.49. The van der Waals surface area contributed by atoms with E-state index >= 15 is 0 Å². The summed E-state index contributed by atoms with van der Waals surface area (Å²) in [7, 11) is 0. The number of alkyl halides is 3. The van der Waals surface area contributed by atoms with E-state index in [1.165, 1.54) is 24.3 Å². The monoisotopic (exact) mass is 591 g/mol. The number of aromatic nitrogens is 2. The number of hydrogen-bond donors (Lipinski definition) is 2. The van der Waals surface area contributed by atoms with E-state index in [2.05, 4.69) is 15.5 Å². The van der Waals surface area contributed by atoms with Crippen molar-refractivity contribution in [2.45, 2.75) is 12.6 Å². The van der Waals surface area contributed by atoms with Crippen LogP contribution in [0.25, 0.3) is 45.1 Å². The zero-order valence-electron chi connectivity index (χ0n) is 22.6. The average Bonchev–Trinajstić information content (AvgIpc) is 3.49. The van der Waals surface area contributed by atoms with Gasteiger partial charge in [0.05, 0.1) is 18.7 Å². The summed E-state index contributed by atoms with van der Waals surface area (Å²) >= 11 is 0. The molecule has 2 N–H and O–H groups in total. The SMILES string of the molecule is O=C(O)CNCCCOc1cccc(-c2ccccc2-c2noc(-c3ccc(-c4cccc(F)c4)c(C(F)(F)F)c3)n2)c1. The summed E-state index contributed by atoms with van der Waals surface area (Å²) in [5.41, 5.74) is 1.18. The van der Waals surface area contributed by atoms with Gasteiger partial charge in [0.1, 0.15) is 11.6 Å². The van der Waals surface area contributed by atoms with E-state index in [0.717, 1.165) is 29.3 Å².